The van der Waals surface area contributed by atoms with E-state index in [-0.39, 0.29) is 4.90 Å². The number of hydrogen-bond donors (Lipinski definition) is 0. The largest absolute Gasteiger partial charge is 0.268 e. The molecule has 0 fully saturated rings. The molecule has 0 spiro atoms. The summed E-state index contributed by atoms with van der Waals surface area (Å²) in [5.41, 5.74) is 2.36. The maximum Gasteiger partial charge on any atom is 0.268 e. The summed E-state index contributed by atoms with van der Waals surface area (Å²) in [6.07, 6.45) is 1.65. The van der Waals surface area contributed by atoms with Gasteiger partial charge >= 0.3 is 0 Å². The summed E-state index contributed by atoms with van der Waals surface area (Å²) in [7, 11) is -3.60. The lowest BCUT2D eigenvalue weighted by Gasteiger charge is -2.07. The Morgan fingerprint density at radius 2 is 1.62 bits per heavy atom. The third-order valence-electron chi connectivity index (χ3n) is 3.44. The van der Waals surface area contributed by atoms with Crippen LogP contribution in [0, 0.1) is 0 Å². The van der Waals surface area contributed by atoms with Crippen LogP contribution in [-0.2, 0) is 10.0 Å². The second kappa shape index (κ2) is 4.90. The molecule has 0 saturated carbocycles. The maximum atomic E-state index is 12.8. The first kappa shape index (κ1) is 13.6. The van der Waals surface area contributed by atoms with Crippen molar-refractivity contribution in [2.75, 3.05) is 0 Å². The Morgan fingerprint density at radius 1 is 1.00 bits per heavy atom. The minimum atomic E-state index is -3.60. The molecule has 106 valence electrons. The standard InChI is InChI=1S/C17H15NO2S/c1-13(2)16-12-18(17-11-7-6-10-15(16)17)21(19,20)14-8-4-3-5-9-14/h3-12H,1H2,2H3. The highest BCUT2D eigenvalue weighted by Crippen LogP contribution is 2.29. The molecule has 0 amide bonds. The molecule has 3 aromatic rings. The molecule has 1 heterocycles. The van der Waals surface area contributed by atoms with Gasteiger partial charge < -0.3 is 0 Å². The first-order chi connectivity index (χ1) is 10.0. The molecule has 0 bridgehead atoms. The van der Waals surface area contributed by atoms with Crippen LogP contribution in [-0.4, -0.2) is 12.4 Å². The summed E-state index contributed by atoms with van der Waals surface area (Å²) >= 11 is 0. The van der Waals surface area contributed by atoms with Crippen LogP contribution in [0.1, 0.15) is 12.5 Å². The van der Waals surface area contributed by atoms with E-state index in [4.69, 9.17) is 0 Å². The van der Waals surface area contributed by atoms with E-state index < -0.39 is 10.0 Å². The number of nitrogens with zero attached hydrogens (tertiary/aromatic N) is 1. The van der Waals surface area contributed by atoms with E-state index in [1.807, 2.05) is 31.2 Å². The van der Waals surface area contributed by atoms with Crippen molar-refractivity contribution >= 4 is 26.5 Å². The van der Waals surface area contributed by atoms with E-state index in [1.165, 1.54) is 3.97 Å². The molecule has 4 heteroatoms. The van der Waals surface area contributed by atoms with Crippen LogP contribution >= 0.6 is 0 Å². The van der Waals surface area contributed by atoms with Crippen LogP contribution < -0.4 is 0 Å². The first-order valence-corrected chi connectivity index (χ1v) is 8.02. The van der Waals surface area contributed by atoms with Gasteiger partial charge in [-0.25, -0.2) is 12.4 Å². The monoisotopic (exact) mass is 297 g/mol. The summed E-state index contributed by atoms with van der Waals surface area (Å²) in [5, 5.41) is 0.893. The Kier molecular flexibility index (Phi) is 3.18. The Labute approximate surface area is 124 Å². The lowest BCUT2D eigenvalue weighted by molar-refractivity contribution is 0.589. The fourth-order valence-corrected chi connectivity index (χ4v) is 3.79. The number of benzene rings is 2. The molecule has 0 aliphatic rings. The zero-order valence-corrected chi connectivity index (χ0v) is 12.5. The summed E-state index contributed by atoms with van der Waals surface area (Å²) in [4.78, 5) is 0.277. The van der Waals surface area contributed by atoms with Crippen molar-refractivity contribution in [1.82, 2.24) is 3.97 Å². The molecule has 3 rings (SSSR count). The Morgan fingerprint density at radius 3 is 2.29 bits per heavy atom. The SMILES string of the molecule is C=C(C)c1cn(S(=O)(=O)c2ccccc2)c2ccccc12. The predicted octanol–water partition coefficient (Wildman–Crippen LogP) is 3.91. The molecular weight excluding hydrogens is 282 g/mol. The molecule has 0 unspecified atom stereocenters. The quantitative estimate of drug-likeness (QED) is 0.735. The van der Waals surface area contributed by atoms with Crippen LogP contribution in [0.4, 0.5) is 0 Å². The summed E-state index contributed by atoms with van der Waals surface area (Å²) in [6.45, 7) is 5.81. The van der Waals surface area contributed by atoms with E-state index in [1.54, 1.807) is 36.5 Å². The molecule has 0 radical (unpaired) electrons. The van der Waals surface area contributed by atoms with E-state index in [2.05, 4.69) is 6.58 Å². The van der Waals surface area contributed by atoms with Crippen LogP contribution in [0.3, 0.4) is 0 Å². The fraction of sp³-hybridized carbons (Fsp3) is 0.0588. The summed E-state index contributed by atoms with van der Waals surface area (Å²) in [6, 6.07) is 15.9. The molecule has 0 N–H and O–H groups in total. The highest BCUT2D eigenvalue weighted by molar-refractivity contribution is 7.90. The van der Waals surface area contributed by atoms with Gasteiger partial charge in [-0.15, -0.1) is 0 Å². The van der Waals surface area contributed by atoms with Gasteiger partial charge in [0.15, 0.2) is 0 Å². The van der Waals surface area contributed by atoms with Gasteiger partial charge in [0.05, 0.1) is 10.4 Å². The number of rotatable bonds is 3. The normalized spacial score (nSPS) is 11.7. The van der Waals surface area contributed by atoms with Gasteiger partial charge in [0.2, 0.25) is 0 Å². The molecule has 1 aromatic heterocycles. The van der Waals surface area contributed by atoms with Gasteiger partial charge in [-0.1, -0.05) is 43.0 Å². The van der Waals surface area contributed by atoms with E-state index >= 15 is 0 Å². The maximum absolute atomic E-state index is 12.8. The zero-order valence-electron chi connectivity index (χ0n) is 11.7. The lowest BCUT2D eigenvalue weighted by atomic mass is 10.1. The van der Waals surface area contributed by atoms with Gasteiger partial charge in [0.25, 0.3) is 10.0 Å². The van der Waals surface area contributed by atoms with Crippen LogP contribution in [0.25, 0.3) is 16.5 Å². The molecule has 0 aliphatic heterocycles. The van der Waals surface area contributed by atoms with Crippen LogP contribution in [0.2, 0.25) is 0 Å². The molecule has 3 nitrogen and oxygen atoms in total. The molecule has 2 aromatic carbocycles. The average Bonchev–Trinajstić information content (AvgIpc) is 2.88. The summed E-state index contributed by atoms with van der Waals surface area (Å²) in [5.74, 6) is 0. The average molecular weight is 297 g/mol. The Bertz CT molecular complexity index is 922. The fourth-order valence-electron chi connectivity index (χ4n) is 2.39. The van der Waals surface area contributed by atoms with Crippen molar-refractivity contribution in [2.45, 2.75) is 11.8 Å². The van der Waals surface area contributed by atoms with Gasteiger partial charge in [0, 0.05) is 17.1 Å². The third kappa shape index (κ3) is 2.17. The first-order valence-electron chi connectivity index (χ1n) is 6.58. The predicted molar refractivity (Wildman–Crippen MR) is 85.7 cm³/mol. The van der Waals surface area contributed by atoms with E-state index in [0.717, 1.165) is 16.5 Å². The highest BCUT2D eigenvalue weighted by Gasteiger charge is 2.20. The smallest absolute Gasteiger partial charge is 0.241 e. The number of hydrogen-bond acceptors (Lipinski definition) is 2. The van der Waals surface area contributed by atoms with E-state index in [9.17, 15) is 8.42 Å². The van der Waals surface area contributed by atoms with Crippen LogP contribution in [0.15, 0.2) is 72.3 Å². The highest BCUT2D eigenvalue weighted by atomic mass is 32.2. The van der Waals surface area contributed by atoms with Crippen molar-refractivity contribution in [3.8, 4) is 0 Å². The third-order valence-corrected chi connectivity index (χ3v) is 5.13. The second-order valence-corrected chi connectivity index (χ2v) is 6.77. The lowest BCUT2D eigenvalue weighted by Crippen LogP contribution is -2.11. The molecule has 0 atom stereocenters. The second-order valence-electron chi connectivity index (χ2n) is 4.95. The van der Waals surface area contributed by atoms with Crippen LogP contribution in [0.5, 0.6) is 0 Å². The number of fused-ring (bicyclic) bond motifs is 1. The minimum absolute atomic E-state index is 0.277. The van der Waals surface area contributed by atoms with Crippen molar-refractivity contribution in [3.63, 3.8) is 0 Å². The molecule has 0 aliphatic carbocycles. The van der Waals surface area contributed by atoms with Crippen molar-refractivity contribution in [1.29, 1.82) is 0 Å². The summed E-state index contributed by atoms with van der Waals surface area (Å²) < 4.78 is 27.0. The molecular formula is C17H15NO2S. The number of para-hydroxylation sites is 1. The zero-order chi connectivity index (χ0) is 15.0. The number of aromatic nitrogens is 1. The Balaban J connectivity index is 2.34. The van der Waals surface area contributed by atoms with Gasteiger partial charge in [-0.05, 0) is 30.7 Å². The Hall–Kier alpha value is -2.33. The van der Waals surface area contributed by atoms with Crippen molar-refractivity contribution in [2.24, 2.45) is 0 Å². The molecule has 0 saturated heterocycles. The number of allylic oxidation sites excluding steroid dienone is 1. The molecule has 21 heavy (non-hydrogen) atoms. The van der Waals surface area contributed by atoms with Gasteiger partial charge in [-0.3, -0.25) is 0 Å². The van der Waals surface area contributed by atoms with Crippen molar-refractivity contribution < 1.29 is 8.42 Å². The minimum Gasteiger partial charge on any atom is -0.241 e. The van der Waals surface area contributed by atoms with E-state index in [0.29, 0.717) is 5.52 Å². The van der Waals surface area contributed by atoms with Crippen molar-refractivity contribution in [3.05, 3.63) is 72.9 Å². The van der Waals surface area contributed by atoms with Gasteiger partial charge in [-0.2, -0.15) is 0 Å². The topological polar surface area (TPSA) is 39.1 Å². The van der Waals surface area contributed by atoms with Gasteiger partial charge in [0.1, 0.15) is 0 Å².